The Morgan fingerprint density at radius 3 is 2.63 bits per heavy atom. The first-order valence-corrected chi connectivity index (χ1v) is 10.8. The third kappa shape index (κ3) is 6.15. The highest BCUT2D eigenvalue weighted by Gasteiger charge is 2.14. The van der Waals surface area contributed by atoms with Gasteiger partial charge in [0.05, 0.1) is 33.7 Å². The Morgan fingerprint density at radius 1 is 1.13 bits per heavy atom. The zero-order valence-electron chi connectivity index (χ0n) is 18.0. The highest BCUT2D eigenvalue weighted by molar-refractivity contribution is 7.80. The fourth-order valence-corrected chi connectivity index (χ4v) is 3.62. The lowest BCUT2D eigenvalue weighted by Gasteiger charge is -2.26. The lowest BCUT2D eigenvalue weighted by molar-refractivity contribution is -0.857. The van der Waals surface area contributed by atoms with E-state index in [2.05, 4.69) is 53.6 Å². The van der Waals surface area contributed by atoms with Crippen molar-refractivity contribution in [2.75, 3.05) is 33.7 Å². The summed E-state index contributed by atoms with van der Waals surface area (Å²) < 4.78 is 0. The van der Waals surface area contributed by atoms with Crippen molar-refractivity contribution in [3.63, 3.8) is 0 Å². The molecule has 3 rings (SSSR count). The van der Waals surface area contributed by atoms with E-state index in [0.29, 0.717) is 11.7 Å². The van der Waals surface area contributed by atoms with Crippen molar-refractivity contribution in [3.05, 3.63) is 81.6 Å². The average molecular weight is 424 g/mol. The Hall–Kier alpha value is -2.70. The number of aromatic amines is 1. The van der Waals surface area contributed by atoms with Crippen LogP contribution >= 0.6 is 12.2 Å². The van der Waals surface area contributed by atoms with E-state index in [4.69, 9.17) is 12.2 Å². The molecule has 0 amide bonds. The van der Waals surface area contributed by atoms with E-state index in [0.717, 1.165) is 48.1 Å². The summed E-state index contributed by atoms with van der Waals surface area (Å²) in [6.07, 6.45) is 0.906. The highest BCUT2D eigenvalue weighted by Crippen LogP contribution is 2.14. The topological polar surface area (TPSA) is 52.6 Å². The fraction of sp³-hybridized carbons (Fsp3) is 0.333. The molecule has 0 saturated heterocycles. The number of pyridine rings is 1. The van der Waals surface area contributed by atoms with Crippen LogP contribution in [0.1, 0.15) is 16.7 Å². The van der Waals surface area contributed by atoms with Crippen LogP contribution in [-0.2, 0) is 13.0 Å². The van der Waals surface area contributed by atoms with Gasteiger partial charge in [-0.05, 0) is 54.2 Å². The molecule has 6 heteroatoms. The molecule has 0 saturated carbocycles. The standard InChI is InChI=1S/C24H30N4OS/c1-18-9-10-20-16-21(23(29)26-22(20)15-18)17-28(14-13-27(2)3)24(30)25-12-11-19-7-5-4-6-8-19/h4-10,15-16H,11-14,17H2,1-3H3,(H,25,30)(H,26,29)/p+1. The molecule has 0 unspecified atom stereocenters. The van der Waals surface area contributed by atoms with Crippen molar-refractivity contribution in [1.29, 1.82) is 0 Å². The number of thiocarbonyl (C=S) groups is 1. The van der Waals surface area contributed by atoms with Crippen molar-refractivity contribution >= 4 is 28.2 Å². The molecule has 0 radical (unpaired) electrons. The molecule has 2 aromatic carbocycles. The summed E-state index contributed by atoms with van der Waals surface area (Å²) in [6, 6.07) is 18.5. The first-order valence-electron chi connectivity index (χ1n) is 10.4. The number of benzene rings is 2. The molecule has 0 aliphatic rings. The summed E-state index contributed by atoms with van der Waals surface area (Å²) in [4.78, 5) is 19.1. The van der Waals surface area contributed by atoms with Crippen LogP contribution in [0.3, 0.4) is 0 Å². The van der Waals surface area contributed by atoms with E-state index in [9.17, 15) is 4.79 Å². The monoisotopic (exact) mass is 423 g/mol. The molecule has 0 atom stereocenters. The molecule has 0 bridgehead atoms. The van der Waals surface area contributed by atoms with Crippen LogP contribution in [0.5, 0.6) is 0 Å². The predicted octanol–water partition coefficient (Wildman–Crippen LogP) is 1.90. The highest BCUT2D eigenvalue weighted by atomic mass is 32.1. The molecule has 0 aliphatic carbocycles. The minimum Gasteiger partial charge on any atom is -0.362 e. The van der Waals surface area contributed by atoms with Gasteiger partial charge in [-0.15, -0.1) is 0 Å². The number of rotatable bonds is 8. The van der Waals surface area contributed by atoms with Gasteiger partial charge in [0.1, 0.15) is 0 Å². The summed E-state index contributed by atoms with van der Waals surface area (Å²) in [5, 5.41) is 5.10. The normalized spacial score (nSPS) is 11.1. The molecule has 3 N–H and O–H groups in total. The Balaban J connectivity index is 1.72. The zero-order chi connectivity index (χ0) is 21.5. The van der Waals surface area contributed by atoms with Crippen molar-refractivity contribution in [2.45, 2.75) is 19.9 Å². The van der Waals surface area contributed by atoms with Gasteiger partial charge in [-0.3, -0.25) is 4.79 Å². The maximum absolute atomic E-state index is 12.7. The minimum atomic E-state index is -0.0533. The smallest absolute Gasteiger partial charge is 0.253 e. The lowest BCUT2D eigenvalue weighted by atomic mass is 10.1. The molecule has 1 aromatic heterocycles. The van der Waals surface area contributed by atoms with Gasteiger partial charge in [-0.25, -0.2) is 0 Å². The van der Waals surface area contributed by atoms with Crippen LogP contribution in [0.4, 0.5) is 0 Å². The summed E-state index contributed by atoms with van der Waals surface area (Å²) in [5.41, 5.74) is 3.95. The Bertz CT molecular complexity index is 1050. The van der Waals surface area contributed by atoms with Crippen LogP contribution in [-0.4, -0.2) is 48.7 Å². The van der Waals surface area contributed by atoms with E-state index in [1.807, 2.05) is 37.3 Å². The van der Waals surface area contributed by atoms with Gasteiger partial charge in [0.25, 0.3) is 5.56 Å². The number of H-pyrrole nitrogens is 1. The second kappa shape index (κ2) is 10.4. The van der Waals surface area contributed by atoms with E-state index in [1.54, 1.807) is 0 Å². The van der Waals surface area contributed by atoms with Gasteiger partial charge in [0.2, 0.25) is 0 Å². The van der Waals surface area contributed by atoms with Crippen LogP contribution in [0.25, 0.3) is 10.9 Å². The van der Waals surface area contributed by atoms with E-state index < -0.39 is 0 Å². The molecule has 30 heavy (non-hydrogen) atoms. The summed E-state index contributed by atoms with van der Waals surface area (Å²) >= 11 is 5.69. The van der Waals surface area contributed by atoms with Gasteiger partial charge in [0.15, 0.2) is 5.11 Å². The quantitative estimate of drug-likeness (QED) is 0.485. The predicted molar refractivity (Wildman–Crippen MR) is 128 cm³/mol. The molecular formula is C24H31N4OS+. The third-order valence-electron chi connectivity index (χ3n) is 5.14. The van der Waals surface area contributed by atoms with Crippen LogP contribution < -0.4 is 15.8 Å². The second-order valence-corrected chi connectivity index (χ2v) is 8.45. The van der Waals surface area contributed by atoms with Crippen molar-refractivity contribution < 1.29 is 4.90 Å². The van der Waals surface area contributed by atoms with E-state index in [1.165, 1.54) is 10.5 Å². The number of hydrogen-bond acceptors (Lipinski definition) is 2. The van der Waals surface area contributed by atoms with Gasteiger partial charge in [-0.2, -0.15) is 0 Å². The van der Waals surface area contributed by atoms with Crippen molar-refractivity contribution in [1.82, 2.24) is 15.2 Å². The zero-order valence-corrected chi connectivity index (χ0v) is 18.8. The number of aryl methyl sites for hydroxylation is 1. The lowest BCUT2D eigenvalue weighted by Crippen LogP contribution is -3.06. The van der Waals surface area contributed by atoms with Crippen LogP contribution in [0, 0.1) is 6.92 Å². The largest absolute Gasteiger partial charge is 0.362 e. The molecule has 5 nitrogen and oxygen atoms in total. The summed E-state index contributed by atoms with van der Waals surface area (Å²) in [7, 11) is 4.24. The van der Waals surface area contributed by atoms with Gasteiger partial charge in [-0.1, -0.05) is 42.5 Å². The molecule has 0 spiro atoms. The molecule has 0 fully saturated rings. The molecule has 3 aromatic rings. The SMILES string of the molecule is Cc1ccc2cc(CN(CC[NH+](C)C)C(=S)NCCc3ccccc3)c(=O)[nH]c2c1. The number of hydrogen-bond donors (Lipinski definition) is 3. The minimum absolute atomic E-state index is 0.0533. The number of fused-ring (bicyclic) bond motifs is 1. The number of likely N-dealkylation sites (N-methyl/N-ethyl adjacent to an activating group) is 1. The van der Waals surface area contributed by atoms with E-state index >= 15 is 0 Å². The third-order valence-corrected chi connectivity index (χ3v) is 5.54. The summed E-state index contributed by atoms with van der Waals surface area (Å²) in [6.45, 7) is 5.00. The Morgan fingerprint density at radius 2 is 1.90 bits per heavy atom. The number of quaternary nitrogens is 1. The van der Waals surface area contributed by atoms with Gasteiger partial charge < -0.3 is 20.1 Å². The van der Waals surface area contributed by atoms with Gasteiger partial charge in [0, 0.05) is 17.6 Å². The van der Waals surface area contributed by atoms with Crippen LogP contribution in [0.15, 0.2) is 59.4 Å². The molecule has 158 valence electrons. The van der Waals surface area contributed by atoms with Crippen molar-refractivity contribution in [3.8, 4) is 0 Å². The first kappa shape index (κ1) is 22.0. The number of nitrogens with one attached hydrogen (secondary N) is 3. The average Bonchev–Trinajstić information content (AvgIpc) is 2.72. The van der Waals surface area contributed by atoms with Crippen molar-refractivity contribution in [2.24, 2.45) is 0 Å². The first-order chi connectivity index (χ1) is 14.4. The number of aromatic nitrogens is 1. The fourth-order valence-electron chi connectivity index (χ4n) is 3.36. The molecular weight excluding hydrogens is 392 g/mol. The van der Waals surface area contributed by atoms with Gasteiger partial charge >= 0.3 is 0 Å². The number of nitrogens with zero attached hydrogens (tertiary/aromatic N) is 1. The Kier molecular flexibility index (Phi) is 7.60. The molecule has 0 aliphatic heterocycles. The molecule has 1 heterocycles. The van der Waals surface area contributed by atoms with E-state index in [-0.39, 0.29) is 5.56 Å². The van der Waals surface area contributed by atoms with Crippen LogP contribution in [0.2, 0.25) is 0 Å². The summed E-state index contributed by atoms with van der Waals surface area (Å²) in [5.74, 6) is 0. The maximum Gasteiger partial charge on any atom is 0.253 e. The maximum atomic E-state index is 12.7. The second-order valence-electron chi connectivity index (χ2n) is 8.06. The Labute approximate surface area is 183 Å².